The molecule has 0 amide bonds. The van der Waals surface area contributed by atoms with Crippen LogP contribution in [0.1, 0.15) is 30.5 Å². The zero-order valence-electron chi connectivity index (χ0n) is 12.4. The van der Waals surface area contributed by atoms with Crippen LogP contribution in [0.4, 0.5) is 0 Å². The zero-order chi connectivity index (χ0) is 14.2. The zero-order valence-corrected chi connectivity index (χ0v) is 12.4. The number of fused-ring (bicyclic) bond motifs is 2. The van der Waals surface area contributed by atoms with Crippen LogP contribution in [0.25, 0.3) is 5.57 Å². The second-order valence-corrected chi connectivity index (χ2v) is 6.24. The Morgan fingerprint density at radius 3 is 2.76 bits per heavy atom. The van der Waals surface area contributed by atoms with Crippen LogP contribution in [-0.2, 0) is 13.6 Å². The molecule has 1 aromatic carbocycles. The molecule has 2 atom stereocenters. The molecule has 3 nitrogen and oxygen atoms in total. The first-order chi connectivity index (χ1) is 10.3. The summed E-state index contributed by atoms with van der Waals surface area (Å²) in [6, 6.07) is 12.1. The number of nitrogens with zero attached hydrogens (tertiary/aromatic N) is 3. The molecule has 0 spiro atoms. The summed E-state index contributed by atoms with van der Waals surface area (Å²) in [5, 5.41) is 0. The molecule has 0 aliphatic carbocycles. The van der Waals surface area contributed by atoms with Crippen LogP contribution >= 0.6 is 0 Å². The lowest BCUT2D eigenvalue weighted by Crippen LogP contribution is -2.37. The van der Waals surface area contributed by atoms with E-state index in [2.05, 4.69) is 57.9 Å². The number of imidazole rings is 1. The van der Waals surface area contributed by atoms with Crippen molar-refractivity contribution in [1.82, 2.24) is 14.5 Å². The normalized spacial score (nSPS) is 25.1. The van der Waals surface area contributed by atoms with Gasteiger partial charge in [0.1, 0.15) is 0 Å². The van der Waals surface area contributed by atoms with Crippen molar-refractivity contribution in [3.8, 4) is 0 Å². The third-order valence-corrected chi connectivity index (χ3v) is 4.89. The second kappa shape index (κ2) is 5.15. The van der Waals surface area contributed by atoms with Gasteiger partial charge in [-0.15, -0.1) is 0 Å². The Kier molecular flexibility index (Phi) is 3.15. The van der Waals surface area contributed by atoms with E-state index in [1.165, 1.54) is 29.7 Å². The summed E-state index contributed by atoms with van der Waals surface area (Å²) < 4.78 is 2.14. The molecule has 2 aliphatic rings. The highest BCUT2D eigenvalue weighted by molar-refractivity contribution is 5.65. The lowest BCUT2D eigenvalue weighted by molar-refractivity contribution is 0.203. The van der Waals surface area contributed by atoms with Crippen molar-refractivity contribution in [2.75, 3.05) is 0 Å². The maximum absolute atomic E-state index is 4.26. The summed E-state index contributed by atoms with van der Waals surface area (Å²) in [6.07, 6.45) is 10.1. The highest BCUT2D eigenvalue weighted by Gasteiger charge is 2.36. The van der Waals surface area contributed by atoms with E-state index in [9.17, 15) is 0 Å². The van der Waals surface area contributed by atoms with Gasteiger partial charge in [0.15, 0.2) is 0 Å². The van der Waals surface area contributed by atoms with Crippen LogP contribution in [0.5, 0.6) is 0 Å². The van der Waals surface area contributed by atoms with Gasteiger partial charge in [-0.25, -0.2) is 4.98 Å². The Hall–Kier alpha value is -1.87. The van der Waals surface area contributed by atoms with Gasteiger partial charge in [0.25, 0.3) is 0 Å². The average molecular weight is 279 g/mol. The lowest BCUT2D eigenvalue weighted by atomic mass is 9.98. The Labute approximate surface area is 125 Å². The van der Waals surface area contributed by atoms with Crippen molar-refractivity contribution >= 4 is 5.57 Å². The van der Waals surface area contributed by atoms with Gasteiger partial charge in [-0.05, 0) is 30.4 Å². The Morgan fingerprint density at radius 2 is 2.05 bits per heavy atom. The molecule has 2 aromatic rings. The van der Waals surface area contributed by atoms with E-state index in [-0.39, 0.29) is 0 Å². The summed E-state index contributed by atoms with van der Waals surface area (Å²) in [6.45, 7) is 1.07. The topological polar surface area (TPSA) is 21.1 Å². The summed E-state index contributed by atoms with van der Waals surface area (Å²) in [5.74, 6) is 0. The molecule has 0 N–H and O–H groups in total. The number of hydrogen-bond acceptors (Lipinski definition) is 2. The Morgan fingerprint density at radius 1 is 1.19 bits per heavy atom. The van der Waals surface area contributed by atoms with Crippen molar-refractivity contribution in [3.63, 3.8) is 0 Å². The van der Waals surface area contributed by atoms with Crippen molar-refractivity contribution in [2.45, 2.75) is 37.9 Å². The molecule has 2 aliphatic heterocycles. The minimum absolute atomic E-state index is 0.592. The van der Waals surface area contributed by atoms with Crippen LogP contribution in [-0.4, -0.2) is 26.5 Å². The summed E-state index contributed by atoms with van der Waals surface area (Å²) in [4.78, 5) is 6.94. The van der Waals surface area contributed by atoms with Crippen LogP contribution in [0.2, 0.25) is 0 Å². The molecule has 1 saturated heterocycles. The highest BCUT2D eigenvalue weighted by atomic mass is 15.2. The fourth-order valence-corrected chi connectivity index (χ4v) is 3.82. The third-order valence-electron chi connectivity index (χ3n) is 4.89. The molecule has 0 radical (unpaired) electrons. The first-order valence-corrected chi connectivity index (χ1v) is 7.78. The monoisotopic (exact) mass is 279 g/mol. The van der Waals surface area contributed by atoms with Gasteiger partial charge >= 0.3 is 0 Å². The first kappa shape index (κ1) is 12.8. The van der Waals surface area contributed by atoms with Crippen LogP contribution < -0.4 is 0 Å². The standard InChI is InChI=1S/C18H21N3/c1-20-13-19-11-18(20)15-9-16-7-8-17(10-15)21(16)12-14-5-3-2-4-6-14/h2-6,9,11,13,16-17H,7-8,10,12H2,1H3. The second-order valence-electron chi connectivity index (χ2n) is 6.24. The fraction of sp³-hybridized carbons (Fsp3) is 0.389. The summed E-state index contributed by atoms with van der Waals surface area (Å²) >= 11 is 0. The number of aromatic nitrogens is 2. The quantitative estimate of drug-likeness (QED) is 0.860. The van der Waals surface area contributed by atoms with E-state index in [1.54, 1.807) is 0 Å². The predicted molar refractivity (Wildman–Crippen MR) is 84.6 cm³/mol. The number of benzene rings is 1. The van der Waals surface area contributed by atoms with Crippen molar-refractivity contribution < 1.29 is 0 Å². The minimum Gasteiger partial charge on any atom is -0.334 e. The van der Waals surface area contributed by atoms with Gasteiger partial charge in [-0.3, -0.25) is 4.90 Å². The van der Waals surface area contributed by atoms with E-state index >= 15 is 0 Å². The van der Waals surface area contributed by atoms with Gasteiger partial charge in [-0.2, -0.15) is 0 Å². The lowest BCUT2D eigenvalue weighted by Gasteiger charge is -2.34. The third kappa shape index (κ3) is 2.32. The predicted octanol–water partition coefficient (Wildman–Crippen LogP) is 3.24. The minimum atomic E-state index is 0.592. The van der Waals surface area contributed by atoms with Gasteiger partial charge in [0.05, 0.1) is 18.2 Å². The molecule has 3 heterocycles. The van der Waals surface area contributed by atoms with Gasteiger partial charge in [-0.1, -0.05) is 36.4 Å². The molecule has 1 fully saturated rings. The van der Waals surface area contributed by atoms with Crippen LogP contribution in [0.15, 0.2) is 48.9 Å². The summed E-state index contributed by atoms with van der Waals surface area (Å²) in [5.41, 5.74) is 4.19. The maximum Gasteiger partial charge on any atom is 0.0948 e. The van der Waals surface area contributed by atoms with Crippen LogP contribution in [0.3, 0.4) is 0 Å². The van der Waals surface area contributed by atoms with E-state index in [0.717, 1.165) is 13.0 Å². The Balaban J connectivity index is 1.58. The summed E-state index contributed by atoms with van der Waals surface area (Å²) in [7, 11) is 2.08. The number of rotatable bonds is 3. The van der Waals surface area contributed by atoms with Gasteiger partial charge in [0.2, 0.25) is 0 Å². The molecule has 21 heavy (non-hydrogen) atoms. The Bertz CT molecular complexity index is 656. The van der Waals surface area contributed by atoms with Crippen molar-refractivity contribution in [3.05, 3.63) is 60.2 Å². The molecular weight excluding hydrogens is 258 g/mol. The van der Waals surface area contributed by atoms with Crippen molar-refractivity contribution in [1.29, 1.82) is 0 Å². The number of aryl methyl sites for hydroxylation is 1. The maximum atomic E-state index is 4.26. The molecule has 1 aromatic heterocycles. The largest absolute Gasteiger partial charge is 0.334 e. The SMILES string of the molecule is Cn1cncc1C1=CC2CCC(C1)N2Cc1ccccc1. The molecule has 2 unspecified atom stereocenters. The molecule has 3 heteroatoms. The van der Waals surface area contributed by atoms with E-state index < -0.39 is 0 Å². The number of hydrogen-bond donors (Lipinski definition) is 0. The first-order valence-electron chi connectivity index (χ1n) is 7.78. The molecule has 108 valence electrons. The van der Waals surface area contributed by atoms with Gasteiger partial charge in [0, 0.05) is 25.7 Å². The molecule has 0 saturated carbocycles. The smallest absolute Gasteiger partial charge is 0.0948 e. The van der Waals surface area contributed by atoms with Crippen molar-refractivity contribution in [2.24, 2.45) is 7.05 Å². The molecule has 2 bridgehead atoms. The fourth-order valence-electron chi connectivity index (χ4n) is 3.82. The van der Waals surface area contributed by atoms with E-state index in [1.807, 2.05) is 12.5 Å². The van der Waals surface area contributed by atoms with Crippen LogP contribution in [0, 0.1) is 0 Å². The highest BCUT2D eigenvalue weighted by Crippen LogP contribution is 2.39. The van der Waals surface area contributed by atoms with E-state index in [4.69, 9.17) is 0 Å². The molecular formula is C18H21N3. The average Bonchev–Trinajstić information content (AvgIpc) is 3.01. The molecule has 4 rings (SSSR count). The van der Waals surface area contributed by atoms with Gasteiger partial charge < -0.3 is 4.57 Å². The van der Waals surface area contributed by atoms with E-state index in [0.29, 0.717) is 12.1 Å².